The van der Waals surface area contributed by atoms with Crippen LogP contribution in [0.4, 0.5) is 5.69 Å². The molecule has 14 heavy (non-hydrogen) atoms. The molecule has 0 bridgehead atoms. The molecule has 0 unspecified atom stereocenters. The third kappa shape index (κ3) is 1.59. The first-order valence-electron chi connectivity index (χ1n) is 4.13. The van der Waals surface area contributed by atoms with Crippen LogP contribution in [0, 0.1) is 6.20 Å². The van der Waals surface area contributed by atoms with E-state index in [0.717, 1.165) is 10.9 Å². The second kappa shape index (κ2) is 3.35. The van der Waals surface area contributed by atoms with Crippen LogP contribution >= 0.6 is 11.6 Å². The average Bonchev–Trinajstić information content (AvgIpc) is 2.51. The minimum absolute atomic E-state index is 0.134. The lowest BCUT2D eigenvalue weighted by atomic mass is 10.2. The number of rotatable bonds is 1. The number of H-pyrrole nitrogens is 1. The topological polar surface area (TPSA) is 44.9 Å². The second-order valence-electron chi connectivity index (χ2n) is 3.01. The van der Waals surface area contributed by atoms with E-state index in [-0.39, 0.29) is 5.91 Å². The second-order valence-corrected chi connectivity index (χ2v) is 3.42. The van der Waals surface area contributed by atoms with Gasteiger partial charge in [-0.05, 0) is 18.2 Å². The number of aromatic nitrogens is 1. The molecular formula is C10H8ClN2O. The molecule has 0 aliphatic heterocycles. The van der Waals surface area contributed by atoms with Gasteiger partial charge in [0.2, 0.25) is 5.91 Å². The van der Waals surface area contributed by atoms with Gasteiger partial charge in [0.15, 0.2) is 0 Å². The molecule has 0 saturated heterocycles. The lowest BCUT2D eigenvalue weighted by Crippen LogP contribution is -2.05. The first-order chi connectivity index (χ1) is 6.66. The fraction of sp³-hybridized carbons (Fsp3) is 0.100. The Morgan fingerprint density at radius 2 is 2.36 bits per heavy atom. The Bertz CT molecular complexity index is 490. The summed E-state index contributed by atoms with van der Waals surface area (Å²) in [5.74, 6) is -0.134. The fourth-order valence-corrected chi connectivity index (χ4v) is 1.51. The lowest BCUT2D eigenvalue weighted by molar-refractivity contribution is -0.114. The number of anilines is 1. The van der Waals surface area contributed by atoms with Crippen molar-refractivity contribution in [1.82, 2.24) is 4.98 Å². The normalized spacial score (nSPS) is 10.4. The van der Waals surface area contributed by atoms with E-state index in [1.807, 2.05) is 6.07 Å². The van der Waals surface area contributed by atoms with E-state index < -0.39 is 0 Å². The molecule has 2 N–H and O–H groups in total. The zero-order valence-electron chi connectivity index (χ0n) is 7.52. The van der Waals surface area contributed by atoms with Crippen LogP contribution in [0.3, 0.4) is 0 Å². The van der Waals surface area contributed by atoms with Gasteiger partial charge in [0.1, 0.15) is 0 Å². The standard InChI is InChI=1S/C10H8ClN2O/c1-6(14)13-10-4-7-2-3-12-9(7)5-8(10)11/h2,4-5,12H,1H3,(H,13,14). The van der Waals surface area contributed by atoms with E-state index in [4.69, 9.17) is 11.6 Å². The summed E-state index contributed by atoms with van der Waals surface area (Å²) in [4.78, 5) is 13.8. The van der Waals surface area contributed by atoms with E-state index in [2.05, 4.69) is 16.5 Å². The average molecular weight is 208 g/mol. The van der Waals surface area contributed by atoms with E-state index in [0.29, 0.717) is 10.7 Å². The van der Waals surface area contributed by atoms with E-state index in [9.17, 15) is 4.79 Å². The van der Waals surface area contributed by atoms with Gasteiger partial charge in [0.05, 0.1) is 16.9 Å². The molecule has 0 aliphatic rings. The number of aromatic amines is 1. The van der Waals surface area contributed by atoms with Crippen molar-refractivity contribution in [1.29, 1.82) is 0 Å². The molecule has 1 aromatic carbocycles. The molecule has 1 heterocycles. The number of hydrogen-bond acceptors (Lipinski definition) is 1. The minimum Gasteiger partial charge on any atom is -0.353 e. The maximum Gasteiger partial charge on any atom is 0.221 e. The highest BCUT2D eigenvalue weighted by molar-refractivity contribution is 6.34. The van der Waals surface area contributed by atoms with Crippen LogP contribution in [0.5, 0.6) is 0 Å². The molecule has 1 amide bonds. The summed E-state index contributed by atoms with van der Waals surface area (Å²) in [5.41, 5.74) is 1.53. The largest absolute Gasteiger partial charge is 0.353 e. The van der Waals surface area contributed by atoms with Crippen LogP contribution in [0.2, 0.25) is 5.02 Å². The SMILES string of the molecule is CC(=O)Nc1cc2c[c][nH]c2cc1Cl. The van der Waals surface area contributed by atoms with Crippen molar-refractivity contribution in [2.24, 2.45) is 0 Å². The van der Waals surface area contributed by atoms with Crippen molar-refractivity contribution in [2.45, 2.75) is 6.92 Å². The summed E-state index contributed by atoms with van der Waals surface area (Å²) in [6, 6.07) is 5.38. The summed E-state index contributed by atoms with van der Waals surface area (Å²) < 4.78 is 0. The molecule has 71 valence electrons. The Labute approximate surface area is 86.1 Å². The van der Waals surface area contributed by atoms with Crippen LogP contribution in [-0.2, 0) is 4.79 Å². The summed E-state index contributed by atoms with van der Waals surface area (Å²) in [5, 5.41) is 4.14. The van der Waals surface area contributed by atoms with Crippen molar-refractivity contribution in [3.8, 4) is 0 Å². The Kier molecular flexibility index (Phi) is 2.17. The first kappa shape index (κ1) is 9.09. The van der Waals surface area contributed by atoms with Crippen molar-refractivity contribution >= 4 is 34.1 Å². The summed E-state index contributed by atoms with van der Waals surface area (Å²) in [6.45, 7) is 1.45. The van der Waals surface area contributed by atoms with Crippen molar-refractivity contribution < 1.29 is 4.79 Å². The third-order valence-corrected chi connectivity index (χ3v) is 2.20. The predicted octanol–water partition coefficient (Wildman–Crippen LogP) is 2.58. The van der Waals surface area contributed by atoms with Gasteiger partial charge in [-0.3, -0.25) is 4.79 Å². The zero-order valence-corrected chi connectivity index (χ0v) is 8.27. The molecular weight excluding hydrogens is 200 g/mol. The highest BCUT2D eigenvalue weighted by atomic mass is 35.5. The van der Waals surface area contributed by atoms with Crippen molar-refractivity contribution in [3.05, 3.63) is 29.4 Å². The van der Waals surface area contributed by atoms with Gasteiger partial charge < -0.3 is 10.3 Å². The summed E-state index contributed by atoms with van der Waals surface area (Å²) >= 11 is 5.96. The van der Waals surface area contributed by atoms with E-state index in [1.54, 1.807) is 12.1 Å². The van der Waals surface area contributed by atoms with E-state index >= 15 is 0 Å². The molecule has 0 aliphatic carbocycles. The minimum atomic E-state index is -0.134. The Morgan fingerprint density at radius 3 is 3.07 bits per heavy atom. The molecule has 0 atom stereocenters. The number of amides is 1. The van der Waals surface area contributed by atoms with Crippen molar-refractivity contribution in [3.63, 3.8) is 0 Å². The first-order valence-corrected chi connectivity index (χ1v) is 4.50. The molecule has 0 spiro atoms. The molecule has 0 saturated carbocycles. The maximum atomic E-state index is 10.9. The smallest absolute Gasteiger partial charge is 0.221 e. The van der Waals surface area contributed by atoms with Gasteiger partial charge in [-0.1, -0.05) is 11.6 Å². The van der Waals surface area contributed by atoms with Gasteiger partial charge in [-0.2, -0.15) is 0 Å². The van der Waals surface area contributed by atoms with Crippen LogP contribution in [-0.4, -0.2) is 10.9 Å². The van der Waals surface area contributed by atoms with Crippen LogP contribution in [0.1, 0.15) is 6.92 Å². The van der Waals surface area contributed by atoms with Crippen molar-refractivity contribution in [2.75, 3.05) is 5.32 Å². The van der Waals surface area contributed by atoms with Gasteiger partial charge >= 0.3 is 0 Å². The number of hydrogen-bond donors (Lipinski definition) is 2. The number of fused-ring (bicyclic) bond motifs is 1. The Hall–Kier alpha value is -1.48. The van der Waals surface area contributed by atoms with Gasteiger partial charge in [0, 0.05) is 17.8 Å². The fourth-order valence-electron chi connectivity index (χ4n) is 1.29. The van der Waals surface area contributed by atoms with Gasteiger partial charge in [-0.15, -0.1) is 0 Å². The molecule has 2 rings (SSSR count). The monoisotopic (exact) mass is 207 g/mol. The zero-order chi connectivity index (χ0) is 10.1. The van der Waals surface area contributed by atoms with Crippen LogP contribution < -0.4 is 5.32 Å². The highest BCUT2D eigenvalue weighted by Gasteiger charge is 2.04. The van der Waals surface area contributed by atoms with E-state index in [1.165, 1.54) is 6.92 Å². The Morgan fingerprint density at radius 1 is 1.57 bits per heavy atom. The molecule has 0 fully saturated rings. The quantitative estimate of drug-likeness (QED) is 0.742. The maximum absolute atomic E-state index is 10.9. The number of halogens is 1. The summed E-state index contributed by atoms with van der Waals surface area (Å²) in [7, 11) is 0. The highest BCUT2D eigenvalue weighted by Crippen LogP contribution is 2.27. The third-order valence-electron chi connectivity index (χ3n) is 1.88. The number of benzene rings is 1. The molecule has 1 radical (unpaired) electrons. The van der Waals surface area contributed by atoms with Crippen LogP contribution in [0.25, 0.3) is 10.9 Å². The summed E-state index contributed by atoms with van der Waals surface area (Å²) in [6.07, 6.45) is 2.85. The number of carbonyl (C=O) groups is 1. The molecule has 2 aromatic rings. The number of nitrogens with one attached hydrogen (secondary N) is 2. The van der Waals surface area contributed by atoms with Crippen LogP contribution in [0.15, 0.2) is 18.2 Å². The Balaban J connectivity index is 2.53. The number of carbonyl (C=O) groups excluding carboxylic acids is 1. The molecule has 1 aromatic heterocycles. The van der Waals surface area contributed by atoms with Gasteiger partial charge in [-0.25, -0.2) is 0 Å². The lowest BCUT2D eigenvalue weighted by Gasteiger charge is -2.04. The molecule has 4 heteroatoms. The molecule has 3 nitrogen and oxygen atoms in total. The van der Waals surface area contributed by atoms with Gasteiger partial charge in [0.25, 0.3) is 0 Å². The predicted molar refractivity (Wildman–Crippen MR) is 56.4 cm³/mol.